The van der Waals surface area contributed by atoms with Gasteiger partial charge in [-0.3, -0.25) is 4.79 Å². The van der Waals surface area contributed by atoms with Crippen LogP contribution < -0.4 is 0 Å². The number of aliphatic hydroxyl groups excluding tert-OH is 1. The molecule has 1 saturated carbocycles. The average molecular weight is 241 g/mol. The van der Waals surface area contributed by atoms with Crippen molar-refractivity contribution in [3.05, 3.63) is 0 Å². The van der Waals surface area contributed by atoms with Crippen molar-refractivity contribution >= 4 is 5.91 Å². The fourth-order valence-corrected chi connectivity index (χ4v) is 2.32. The first-order valence-corrected chi connectivity index (χ1v) is 6.70. The van der Waals surface area contributed by atoms with Crippen LogP contribution >= 0.6 is 0 Å². The zero-order chi connectivity index (χ0) is 12.3. The van der Waals surface area contributed by atoms with Crippen molar-refractivity contribution in [2.45, 2.75) is 38.7 Å². The molecule has 1 aliphatic heterocycles. The molecule has 1 heterocycles. The maximum Gasteiger partial charge on any atom is 0.248 e. The van der Waals surface area contributed by atoms with E-state index >= 15 is 0 Å². The van der Waals surface area contributed by atoms with Crippen molar-refractivity contribution in [2.75, 3.05) is 26.3 Å². The summed E-state index contributed by atoms with van der Waals surface area (Å²) in [5.41, 5.74) is 0. The molecule has 98 valence electrons. The van der Waals surface area contributed by atoms with Crippen molar-refractivity contribution < 1.29 is 14.6 Å². The number of hydrogen-bond donors (Lipinski definition) is 1. The van der Waals surface area contributed by atoms with E-state index in [-0.39, 0.29) is 24.5 Å². The monoisotopic (exact) mass is 241 g/mol. The van der Waals surface area contributed by atoms with E-state index < -0.39 is 0 Å². The summed E-state index contributed by atoms with van der Waals surface area (Å²) in [6, 6.07) is 0. The normalized spacial score (nSPS) is 26.9. The molecule has 2 aliphatic rings. The van der Waals surface area contributed by atoms with Crippen LogP contribution in [0.5, 0.6) is 0 Å². The molecule has 2 atom stereocenters. The molecule has 0 spiro atoms. The van der Waals surface area contributed by atoms with Crippen LogP contribution in [0, 0.1) is 11.8 Å². The van der Waals surface area contributed by atoms with E-state index in [9.17, 15) is 9.90 Å². The molecule has 1 amide bonds. The van der Waals surface area contributed by atoms with E-state index in [2.05, 4.69) is 0 Å². The smallest absolute Gasteiger partial charge is 0.248 e. The van der Waals surface area contributed by atoms with Gasteiger partial charge in [-0.1, -0.05) is 0 Å². The van der Waals surface area contributed by atoms with E-state index in [4.69, 9.17) is 4.74 Å². The highest BCUT2D eigenvalue weighted by Crippen LogP contribution is 2.28. The molecule has 4 nitrogen and oxygen atoms in total. The third-order valence-electron chi connectivity index (χ3n) is 3.77. The summed E-state index contributed by atoms with van der Waals surface area (Å²) in [5.74, 6) is 1.02. The Kier molecular flexibility index (Phi) is 4.40. The summed E-state index contributed by atoms with van der Waals surface area (Å²) in [6.07, 6.45) is 4.19. The van der Waals surface area contributed by atoms with Gasteiger partial charge in [0.1, 0.15) is 6.61 Å². The summed E-state index contributed by atoms with van der Waals surface area (Å²) < 4.78 is 5.41. The Morgan fingerprint density at radius 1 is 1.47 bits per heavy atom. The lowest BCUT2D eigenvalue weighted by Gasteiger charge is -2.34. The lowest BCUT2D eigenvalue weighted by molar-refractivity contribution is -0.138. The number of rotatable bonds is 5. The zero-order valence-corrected chi connectivity index (χ0v) is 10.6. The Morgan fingerprint density at radius 2 is 2.24 bits per heavy atom. The van der Waals surface area contributed by atoms with Gasteiger partial charge in [0.15, 0.2) is 0 Å². The summed E-state index contributed by atoms with van der Waals surface area (Å²) >= 11 is 0. The van der Waals surface area contributed by atoms with Crippen molar-refractivity contribution in [1.29, 1.82) is 0 Å². The van der Waals surface area contributed by atoms with Crippen LogP contribution in [0.25, 0.3) is 0 Å². The topological polar surface area (TPSA) is 49.8 Å². The second-order valence-corrected chi connectivity index (χ2v) is 5.44. The van der Waals surface area contributed by atoms with Crippen LogP contribution in [0.2, 0.25) is 0 Å². The SMILES string of the molecule is CC(O)C1CCCN(C(=O)COCC2CC2)C1. The van der Waals surface area contributed by atoms with Crippen LogP contribution in [-0.4, -0.2) is 48.3 Å². The molecule has 1 aliphatic carbocycles. The quantitative estimate of drug-likeness (QED) is 0.782. The highest BCUT2D eigenvalue weighted by atomic mass is 16.5. The molecule has 2 rings (SSSR count). The van der Waals surface area contributed by atoms with Crippen molar-refractivity contribution in [2.24, 2.45) is 11.8 Å². The van der Waals surface area contributed by atoms with Crippen LogP contribution in [0.1, 0.15) is 32.6 Å². The molecule has 0 aromatic rings. The van der Waals surface area contributed by atoms with Gasteiger partial charge in [0.25, 0.3) is 0 Å². The predicted molar refractivity (Wildman–Crippen MR) is 64.5 cm³/mol. The average Bonchev–Trinajstić information content (AvgIpc) is 3.13. The van der Waals surface area contributed by atoms with Gasteiger partial charge in [0.2, 0.25) is 5.91 Å². The molecule has 1 N–H and O–H groups in total. The summed E-state index contributed by atoms with van der Waals surface area (Å²) in [7, 11) is 0. The van der Waals surface area contributed by atoms with Crippen molar-refractivity contribution in [3.8, 4) is 0 Å². The van der Waals surface area contributed by atoms with Gasteiger partial charge in [-0.25, -0.2) is 0 Å². The Labute approximate surface area is 103 Å². The van der Waals surface area contributed by atoms with Gasteiger partial charge in [-0.05, 0) is 38.5 Å². The van der Waals surface area contributed by atoms with Crippen LogP contribution in [0.4, 0.5) is 0 Å². The first-order chi connectivity index (χ1) is 8.16. The first kappa shape index (κ1) is 12.8. The minimum Gasteiger partial charge on any atom is -0.393 e. The van der Waals surface area contributed by atoms with E-state index in [1.54, 1.807) is 0 Å². The van der Waals surface area contributed by atoms with Gasteiger partial charge in [0, 0.05) is 19.0 Å². The molecule has 0 aromatic heterocycles. The van der Waals surface area contributed by atoms with Gasteiger partial charge >= 0.3 is 0 Å². The minimum absolute atomic E-state index is 0.0796. The number of ether oxygens (including phenoxy) is 1. The second-order valence-electron chi connectivity index (χ2n) is 5.44. The molecule has 0 radical (unpaired) electrons. The number of piperidine rings is 1. The fraction of sp³-hybridized carbons (Fsp3) is 0.923. The largest absolute Gasteiger partial charge is 0.393 e. The molecular formula is C13H23NO3. The number of aliphatic hydroxyl groups is 1. The maximum absolute atomic E-state index is 11.9. The van der Waals surface area contributed by atoms with Gasteiger partial charge < -0.3 is 14.7 Å². The lowest BCUT2D eigenvalue weighted by Crippen LogP contribution is -2.44. The highest BCUT2D eigenvalue weighted by Gasteiger charge is 2.27. The Hall–Kier alpha value is -0.610. The molecule has 0 aromatic carbocycles. The first-order valence-electron chi connectivity index (χ1n) is 6.70. The van der Waals surface area contributed by atoms with E-state index in [1.807, 2.05) is 11.8 Å². The second kappa shape index (κ2) is 5.83. The van der Waals surface area contributed by atoms with Crippen molar-refractivity contribution in [3.63, 3.8) is 0 Å². The Morgan fingerprint density at radius 3 is 2.88 bits per heavy atom. The third-order valence-corrected chi connectivity index (χ3v) is 3.77. The summed E-state index contributed by atoms with van der Waals surface area (Å²) in [6.45, 7) is 4.25. The zero-order valence-electron chi connectivity index (χ0n) is 10.6. The van der Waals surface area contributed by atoms with E-state index in [1.165, 1.54) is 12.8 Å². The number of carbonyl (C=O) groups excluding carboxylic acids is 1. The molecule has 4 heteroatoms. The number of hydrogen-bond acceptors (Lipinski definition) is 3. The fourth-order valence-electron chi connectivity index (χ4n) is 2.32. The van der Waals surface area contributed by atoms with E-state index in [0.29, 0.717) is 12.5 Å². The molecular weight excluding hydrogens is 218 g/mol. The number of nitrogens with zero attached hydrogens (tertiary/aromatic N) is 1. The van der Waals surface area contributed by atoms with Gasteiger partial charge in [-0.15, -0.1) is 0 Å². The van der Waals surface area contributed by atoms with E-state index in [0.717, 1.165) is 26.0 Å². The summed E-state index contributed by atoms with van der Waals surface area (Å²) in [5, 5.41) is 9.56. The highest BCUT2D eigenvalue weighted by molar-refractivity contribution is 5.77. The van der Waals surface area contributed by atoms with Gasteiger partial charge in [-0.2, -0.15) is 0 Å². The maximum atomic E-state index is 11.9. The van der Waals surface area contributed by atoms with Gasteiger partial charge in [0.05, 0.1) is 12.7 Å². The number of amides is 1. The Balaban J connectivity index is 1.69. The minimum atomic E-state index is -0.321. The third kappa shape index (κ3) is 3.96. The van der Waals surface area contributed by atoms with Crippen LogP contribution in [0.3, 0.4) is 0 Å². The lowest BCUT2D eigenvalue weighted by atomic mass is 9.93. The molecule has 0 bridgehead atoms. The number of likely N-dealkylation sites (tertiary alicyclic amines) is 1. The summed E-state index contributed by atoms with van der Waals surface area (Å²) in [4.78, 5) is 13.7. The molecule has 2 fully saturated rings. The Bertz CT molecular complexity index is 263. The van der Waals surface area contributed by atoms with Crippen molar-refractivity contribution in [1.82, 2.24) is 4.90 Å². The number of carbonyl (C=O) groups is 1. The molecule has 17 heavy (non-hydrogen) atoms. The van der Waals surface area contributed by atoms with Crippen LogP contribution in [-0.2, 0) is 9.53 Å². The van der Waals surface area contributed by atoms with Crippen LogP contribution in [0.15, 0.2) is 0 Å². The molecule has 1 saturated heterocycles. The predicted octanol–water partition coefficient (Wildman–Crippen LogP) is 1.03. The standard InChI is InChI=1S/C13H23NO3/c1-10(15)12-3-2-6-14(7-12)13(16)9-17-8-11-4-5-11/h10-12,15H,2-9H2,1H3. The molecule has 2 unspecified atom stereocenters.